The number of anilines is 1. The molecule has 23 heavy (non-hydrogen) atoms. The van der Waals surface area contributed by atoms with E-state index in [2.05, 4.69) is 16.2 Å². The zero-order valence-electron chi connectivity index (χ0n) is 12.3. The number of benzene rings is 1. The van der Waals surface area contributed by atoms with Crippen molar-refractivity contribution in [3.05, 3.63) is 52.2 Å². The number of rotatable bonds is 5. The third-order valence-electron chi connectivity index (χ3n) is 2.81. The molecule has 1 aromatic heterocycles. The molecule has 0 saturated heterocycles. The first kappa shape index (κ1) is 16.5. The van der Waals surface area contributed by atoms with E-state index in [0.29, 0.717) is 16.1 Å². The van der Waals surface area contributed by atoms with E-state index in [-0.39, 0.29) is 0 Å². The van der Waals surface area contributed by atoms with Crippen LogP contribution in [0.1, 0.15) is 20.0 Å². The number of carbonyl (C=O) groups excluding carboxylic acids is 3. The van der Waals surface area contributed by atoms with E-state index in [1.165, 1.54) is 11.3 Å². The lowest BCUT2D eigenvalue weighted by Gasteiger charge is -2.09. The summed E-state index contributed by atoms with van der Waals surface area (Å²) in [7, 11) is 1.68. The van der Waals surface area contributed by atoms with Crippen LogP contribution < -0.4 is 16.2 Å². The van der Waals surface area contributed by atoms with Crippen LogP contribution in [0.25, 0.3) is 0 Å². The van der Waals surface area contributed by atoms with Gasteiger partial charge in [0.2, 0.25) is 0 Å². The fourth-order valence-electron chi connectivity index (χ4n) is 1.72. The Morgan fingerprint density at radius 1 is 1.09 bits per heavy atom. The second kappa shape index (κ2) is 7.95. The van der Waals surface area contributed by atoms with Gasteiger partial charge in [-0.3, -0.25) is 20.4 Å². The maximum absolute atomic E-state index is 11.9. The van der Waals surface area contributed by atoms with Gasteiger partial charge in [0, 0.05) is 12.7 Å². The summed E-state index contributed by atoms with van der Waals surface area (Å²) in [5.41, 5.74) is 5.35. The predicted octanol–water partition coefficient (Wildman–Crippen LogP) is 1.41. The molecule has 0 unspecified atom stereocenters. The van der Waals surface area contributed by atoms with Gasteiger partial charge in [0.25, 0.3) is 11.8 Å². The summed E-state index contributed by atoms with van der Waals surface area (Å²) < 4.78 is 4.92. The minimum atomic E-state index is -0.634. The Morgan fingerprint density at radius 2 is 1.87 bits per heavy atom. The minimum Gasteiger partial charge on any atom is -0.452 e. The number of para-hydroxylation sites is 1. The number of hydrogen-bond donors (Lipinski definition) is 3. The Bertz CT molecular complexity index is 701. The van der Waals surface area contributed by atoms with Crippen LogP contribution >= 0.6 is 11.3 Å². The largest absolute Gasteiger partial charge is 0.452 e. The summed E-state index contributed by atoms with van der Waals surface area (Å²) in [6, 6.07) is 10.1. The lowest BCUT2D eigenvalue weighted by Crippen LogP contribution is -2.43. The molecule has 2 aromatic rings. The molecule has 1 aromatic carbocycles. The Labute approximate surface area is 136 Å². The molecular formula is C15H15N3O4S. The van der Waals surface area contributed by atoms with E-state index in [4.69, 9.17) is 4.74 Å². The van der Waals surface area contributed by atoms with E-state index >= 15 is 0 Å². The number of ether oxygens (including phenoxy) is 1. The van der Waals surface area contributed by atoms with Crippen LogP contribution in [0.4, 0.5) is 5.69 Å². The van der Waals surface area contributed by atoms with Gasteiger partial charge in [0.1, 0.15) is 0 Å². The smallest absolute Gasteiger partial charge is 0.340 e. The van der Waals surface area contributed by atoms with E-state index in [1.807, 2.05) is 0 Å². The highest BCUT2D eigenvalue weighted by Gasteiger charge is 2.14. The predicted molar refractivity (Wildman–Crippen MR) is 86.2 cm³/mol. The molecular weight excluding hydrogens is 318 g/mol. The first-order valence-corrected chi connectivity index (χ1v) is 7.56. The van der Waals surface area contributed by atoms with Gasteiger partial charge in [0.15, 0.2) is 6.61 Å². The fourth-order valence-corrected chi connectivity index (χ4v) is 2.34. The van der Waals surface area contributed by atoms with Crippen LogP contribution in [0.3, 0.4) is 0 Å². The number of nitrogens with one attached hydrogen (secondary N) is 3. The average molecular weight is 333 g/mol. The van der Waals surface area contributed by atoms with Gasteiger partial charge in [-0.1, -0.05) is 18.2 Å². The lowest BCUT2D eigenvalue weighted by atomic mass is 10.2. The number of amides is 2. The molecule has 0 saturated carbocycles. The molecule has 7 nitrogen and oxygen atoms in total. The SMILES string of the molecule is CNc1ccccc1C(=O)OCC(=O)NNC(=O)c1cccs1. The van der Waals surface area contributed by atoms with Crippen molar-refractivity contribution in [3.63, 3.8) is 0 Å². The molecule has 0 bridgehead atoms. The third kappa shape index (κ3) is 4.55. The molecule has 0 atom stereocenters. The topological polar surface area (TPSA) is 96.5 Å². The maximum atomic E-state index is 11.9. The van der Waals surface area contributed by atoms with Crippen LogP contribution in [0.2, 0.25) is 0 Å². The highest BCUT2D eigenvalue weighted by Crippen LogP contribution is 2.15. The van der Waals surface area contributed by atoms with Crippen molar-refractivity contribution in [1.29, 1.82) is 0 Å². The molecule has 8 heteroatoms. The van der Waals surface area contributed by atoms with Crippen LogP contribution in [0.15, 0.2) is 41.8 Å². The number of thiophene rings is 1. The molecule has 2 rings (SSSR count). The molecule has 0 fully saturated rings. The fraction of sp³-hybridized carbons (Fsp3) is 0.133. The second-order valence-electron chi connectivity index (χ2n) is 4.35. The van der Waals surface area contributed by atoms with Crippen LogP contribution in [-0.4, -0.2) is 31.4 Å². The van der Waals surface area contributed by atoms with E-state index in [9.17, 15) is 14.4 Å². The number of hydrazine groups is 1. The first-order chi connectivity index (χ1) is 11.1. The Morgan fingerprint density at radius 3 is 2.57 bits per heavy atom. The minimum absolute atomic E-state index is 0.324. The number of hydrogen-bond acceptors (Lipinski definition) is 6. The average Bonchev–Trinajstić information content (AvgIpc) is 3.12. The van der Waals surface area contributed by atoms with Gasteiger partial charge in [0.05, 0.1) is 10.4 Å². The molecule has 0 aliphatic heterocycles. The standard InChI is InChI=1S/C15H15N3O4S/c1-16-11-6-3-2-5-10(11)15(21)22-9-13(19)17-18-14(20)12-7-4-8-23-12/h2-8,16H,9H2,1H3,(H,17,19)(H,18,20). The van der Waals surface area contributed by atoms with E-state index in [0.717, 1.165) is 0 Å². The molecule has 1 heterocycles. The van der Waals surface area contributed by atoms with Crippen molar-refractivity contribution in [1.82, 2.24) is 10.9 Å². The third-order valence-corrected chi connectivity index (χ3v) is 3.68. The summed E-state index contributed by atoms with van der Waals surface area (Å²) in [6.45, 7) is -0.498. The Kier molecular flexibility index (Phi) is 5.70. The molecule has 3 N–H and O–H groups in total. The van der Waals surface area contributed by atoms with Gasteiger partial charge in [-0.25, -0.2) is 4.79 Å². The monoisotopic (exact) mass is 333 g/mol. The molecule has 0 aliphatic carbocycles. The second-order valence-corrected chi connectivity index (χ2v) is 5.30. The Hall–Kier alpha value is -2.87. The van der Waals surface area contributed by atoms with Crippen LogP contribution in [0.5, 0.6) is 0 Å². The highest BCUT2D eigenvalue weighted by molar-refractivity contribution is 7.12. The number of esters is 1. The molecule has 0 radical (unpaired) electrons. The quantitative estimate of drug-likeness (QED) is 0.568. The summed E-state index contributed by atoms with van der Waals surface area (Å²) >= 11 is 1.25. The molecule has 0 spiro atoms. The van der Waals surface area contributed by atoms with Crippen molar-refractivity contribution in [2.24, 2.45) is 0 Å². The lowest BCUT2D eigenvalue weighted by molar-refractivity contribution is -0.125. The Balaban J connectivity index is 1.80. The summed E-state index contributed by atoms with van der Waals surface area (Å²) in [6.07, 6.45) is 0. The zero-order valence-corrected chi connectivity index (χ0v) is 13.1. The van der Waals surface area contributed by atoms with Crippen molar-refractivity contribution < 1.29 is 19.1 Å². The van der Waals surface area contributed by atoms with E-state index in [1.54, 1.807) is 48.8 Å². The maximum Gasteiger partial charge on any atom is 0.340 e. The molecule has 2 amide bonds. The van der Waals surface area contributed by atoms with Crippen LogP contribution in [-0.2, 0) is 9.53 Å². The normalized spacial score (nSPS) is 9.78. The van der Waals surface area contributed by atoms with Gasteiger partial charge >= 0.3 is 5.97 Å². The van der Waals surface area contributed by atoms with Crippen LogP contribution in [0, 0.1) is 0 Å². The van der Waals surface area contributed by atoms with Crippen molar-refractivity contribution in [3.8, 4) is 0 Å². The van der Waals surface area contributed by atoms with Crippen molar-refractivity contribution in [2.75, 3.05) is 19.0 Å². The summed E-state index contributed by atoms with van der Waals surface area (Å²) in [5, 5.41) is 4.61. The first-order valence-electron chi connectivity index (χ1n) is 6.68. The summed E-state index contributed by atoms with van der Waals surface area (Å²) in [4.78, 5) is 35.6. The van der Waals surface area contributed by atoms with E-state index < -0.39 is 24.4 Å². The molecule has 120 valence electrons. The summed E-state index contributed by atoms with van der Waals surface area (Å²) in [5.74, 6) is -1.69. The van der Waals surface area contributed by atoms with Gasteiger partial charge in [-0.05, 0) is 23.6 Å². The van der Waals surface area contributed by atoms with Crippen molar-refractivity contribution >= 4 is 34.8 Å². The zero-order chi connectivity index (χ0) is 16.7. The number of carbonyl (C=O) groups is 3. The highest BCUT2D eigenvalue weighted by atomic mass is 32.1. The van der Waals surface area contributed by atoms with Gasteiger partial charge in [-0.15, -0.1) is 11.3 Å². The van der Waals surface area contributed by atoms with Crippen molar-refractivity contribution in [2.45, 2.75) is 0 Å². The van der Waals surface area contributed by atoms with Gasteiger partial charge in [-0.2, -0.15) is 0 Å². The molecule has 0 aliphatic rings. The van der Waals surface area contributed by atoms with Gasteiger partial charge < -0.3 is 10.1 Å².